The highest BCUT2D eigenvalue weighted by Crippen LogP contribution is 2.29. The van der Waals surface area contributed by atoms with E-state index in [1.807, 2.05) is 0 Å². The minimum absolute atomic E-state index is 0.400. The molecule has 1 aliphatic heterocycles. The van der Waals surface area contributed by atoms with Crippen LogP contribution in [0.3, 0.4) is 0 Å². The van der Waals surface area contributed by atoms with Crippen molar-refractivity contribution in [2.75, 3.05) is 51.3 Å². The first-order valence-corrected chi connectivity index (χ1v) is 8.04. The van der Waals surface area contributed by atoms with Crippen LogP contribution in [-0.4, -0.2) is 66.9 Å². The molecule has 0 bridgehead atoms. The van der Waals surface area contributed by atoms with Gasteiger partial charge in [-0.1, -0.05) is 12.1 Å². The first-order valence-electron chi connectivity index (χ1n) is 7.26. The normalized spacial score (nSPS) is 18.3. The van der Waals surface area contributed by atoms with E-state index in [-0.39, 0.29) is 0 Å². The summed E-state index contributed by atoms with van der Waals surface area (Å²) in [5.74, 6) is 1.10. The molecule has 6 heteroatoms. The van der Waals surface area contributed by atoms with Gasteiger partial charge in [-0.3, -0.25) is 4.90 Å². The maximum Gasteiger partial charge on any atom is 0.150 e. The van der Waals surface area contributed by atoms with E-state index in [2.05, 4.69) is 38.4 Å². The number of β-amino-alcohol motifs (C(OH)–C–C–N with tert-alkyl or cyclic N) is 1. The van der Waals surface area contributed by atoms with Crippen molar-refractivity contribution in [2.45, 2.75) is 6.10 Å². The first kappa shape index (κ1) is 14.7. The highest BCUT2D eigenvalue weighted by Gasteiger charge is 2.21. The lowest BCUT2D eigenvalue weighted by Crippen LogP contribution is -2.49. The van der Waals surface area contributed by atoms with Crippen LogP contribution in [0.25, 0.3) is 10.1 Å². The van der Waals surface area contributed by atoms with Gasteiger partial charge in [-0.15, -0.1) is 0 Å². The maximum atomic E-state index is 9.80. The molecule has 1 aromatic carbocycles. The van der Waals surface area contributed by atoms with Gasteiger partial charge in [-0.05, 0) is 23.7 Å². The van der Waals surface area contributed by atoms with E-state index in [4.69, 9.17) is 4.74 Å². The number of hydrogen-bond acceptors (Lipinski definition) is 6. The molecule has 0 radical (unpaired) electrons. The van der Waals surface area contributed by atoms with Crippen LogP contribution < -0.4 is 4.90 Å². The van der Waals surface area contributed by atoms with Gasteiger partial charge in [0.1, 0.15) is 5.82 Å². The van der Waals surface area contributed by atoms with Crippen molar-refractivity contribution >= 4 is 27.4 Å². The summed E-state index contributed by atoms with van der Waals surface area (Å²) < 4.78 is 10.8. The molecule has 0 saturated carbocycles. The lowest BCUT2D eigenvalue weighted by atomic mass is 10.2. The van der Waals surface area contributed by atoms with Gasteiger partial charge in [-0.2, -0.15) is 4.37 Å². The number of methoxy groups -OCH3 is 1. The molecule has 0 spiro atoms. The third-order valence-corrected chi connectivity index (χ3v) is 4.68. The van der Waals surface area contributed by atoms with E-state index >= 15 is 0 Å². The van der Waals surface area contributed by atoms with Crippen LogP contribution in [0.4, 0.5) is 5.82 Å². The van der Waals surface area contributed by atoms with Gasteiger partial charge in [0, 0.05) is 45.2 Å². The summed E-state index contributed by atoms with van der Waals surface area (Å²) in [6, 6.07) is 8.38. The fraction of sp³-hybridized carbons (Fsp3) is 0.533. The van der Waals surface area contributed by atoms with E-state index in [0.717, 1.165) is 32.0 Å². The number of aliphatic hydroxyl groups is 1. The van der Waals surface area contributed by atoms with Gasteiger partial charge in [0.2, 0.25) is 0 Å². The summed E-state index contributed by atoms with van der Waals surface area (Å²) in [5.41, 5.74) is 0. The molecular formula is C15H21N3O2S. The Bertz CT molecular complexity index is 581. The van der Waals surface area contributed by atoms with Gasteiger partial charge >= 0.3 is 0 Å². The highest BCUT2D eigenvalue weighted by molar-refractivity contribution is 7.13. The highest BCUT2D eigenvalue weighted by atomic mass is 32.1. The predicted molar refractivity (Wildman–Crippen MR) is 86.2 cm³/mol. The number of piperazine rings is 1. The zero-order valence-electron chi connectivity index (χ0n) is 12.2. The van der Waals surface area contributed by atoms with Gasteiger partial charge in [0.25, 0.3) is 0 Å². The van der Waals surface area contributed by atoms with Gasteiger partial charge in [-0.25, -0.2) is 0 Å². The Morgan fingerprint density at radius 1 is 1.29 bits per heavy atom. The van der Waals surface area contributed by atoms with E-state index in [9.17, 15) is 5.11 Å². The van der Waals surface area contributed by atoms with E-state index in [0.29, 0.717) is 13.2 Å². The molecule has 3 rings (SSSR count). The number of nitrogens with zero attached hydrogens (tertiary/aromatic N) is 3. The second-order valence-electron chi connectivity index (χ2n) is 5.40. The lowest BCUT2D eigenvalue weighted by molar-refractivity contribution is 0.0365. The molecule has 0 amide bonds. The van der Waals surface area contributed by atoms with Crippen LogP contribution in [0.2, 0.25) is 0 Å². The standard InChI is InChI=1S/C15H21N3O2S/c1-20-11-12(19)10-17-6-8-18(9-7-17)15-13-4-2-3-5-14(13)21-16-15/h2-5,12,19H,6-11H2,1H3/t12-/m0/s1. The van der Waals surface area contributed by atoms with Gasteiger partial charge in [0.15, 0.2) is 0 Å². The van der Waals surface area contributed by atoms with Gasteiger partial charge < -0.3 is 14.7 Å². The number of rotatable bonds is 5. The van der Waals surface area contributed by atoms with Crippen LogP contribution in [0.1, 0.15) is 0 Å². The minimum atomic E-state index is -0.401. The number of anilines is 1. The number of benzene rings is 1. The quantitative estimate of drug-likeness (QED) is 0.905. The fourth-order valence-corrected chi connectivity index (χ4v) is 3.58. The molecule has 2 aromatic rings. The second kappa shape index (κ2) is 6.70. The molecule has 1 saturated heterocycles. The largest absolute Gasteiger partial charge is 0.389 e. The van der Waals surface area contributed by atoms with E-state index in [1.54, 1.807) is 18.6 Å². The molecule has 21 heavy (non-hydrogen) atoms. The Kier molecular flexibility index (Phi) is 4.70. The summed E-state index contributed by atoms with van der Waals surface area (Å²) in [6.45, 7) is 4.89. The molecule has 0 aliphatic carbocycles. The summed E-state index contributed by atoms with van der Waals surface area (Å²) in [4.78, 5) is 4.63. The van der Waals surface area contributed by atoms with Crippen molar-refractivity contribution in [3.05, 3.63) is 24.3 Å². The van der Waals surface area contributed by atoms with Crippen molar-refractivity contribution in [3.63, 3.8) is 0 Å². The number of fused-ring (bicyclic) bond motifs is 1. The molecule has 5 nitrogen and oxygen atoms in total. The van der Waals surface area contributed by atoms with Crippen molar-refractivity contribution in [3.8, 4) is 0 Å². The third kappa shape index (κ3) is 3.35. The summed E-state index contributed by atoms with van der Waals surface area (Å²) in [6.07, 6.45) is -0.401. The van der Waals surface area contributed by atoms with Crippen LogP contribution in [0.5, 0.6) is 0 Å². The molecule has 1 aliphatic rings. The monoisotopic (exact) mass is 307 g/mol. The van der Waals surface area contributed by atoms with E-state index < -0.39 is 6.10 Å². The molecule has 1 N–H and O–H groups in total. The lowest BCUT2D eigenvalue weighted by Gasteiger charge is -2.35. The van der Waals surface area contributed by atoms with Crippen molar-refractivity contribution in [1.29, 1.82) is 0 Å². The molecular weight excluding hydrogens is 286 g/mol. The topological polar surface area (TPSA) is 48.8 Å². The summed E-state index contributed by atoms with van der Waals surface area (Å²) >= 11 is 1.56. The first-order chi connectivity index (χ1) is 10.3. The zero-order valence-corrected chi connectivity index (χ0v) is 13.1. The van der Waals surface area contributed by atoms with Crippen molar-refractivity contribution < 1.29 is 9.84 Å². The molecule has 1 aromatic heterocycles. The predicted octanol–water partition coefficient (Wildman–Crippen LogP) is 1.43. The van der Waals surface area contributed by atoms with Crippen LogP contribution in [-0.2, 0) is 4.74 Å². The number of aromatic nitrogens is 1. The fourth-order valence-electron chi connectivity index (χ4n) is 2.79. The third-order valence-electron chi connectivity index (χ3n) is 3.86. The summed E-state index contributed by atoms with van der Waals surface area (Å²) in [7, 11) is 1.62. The average molecular weight is 307 g/mol. The van der Waals surface area contributed by atoms with Crippen LogP contribution >= 0.6 is 11.5 Å². The molecule has 1 atom stereocenters. The van der Waals surface area contributed by atoms with Crippen LogP contribution in [0.15, 0.2) is 24.3 Å². The summed E-state index contributed by atoms with van der Waals surface area (Å²) in [5, 5.41) is 11.0. The number of hydrogen-bond donors (Lipinski definition) is 1. The molecule has 0 unspecified atom stereocenters. The minimum Gasteiger partial charge on any atom is -0.389 e. The Balaban J connectivity index is 1.61. The van der Waals surface area contributed by atoms with Crippen molar-refractivity contribution in [1.82, 2.24) is 9.27 Å². The SMILES string of the molecule is COC[C@@H](O)CN1CCN(c2nsc3ccccc23)CC1. The zero-order chi connectivity index (χ0) is 14.7. The smallest absolute Gasteiger partial charge is 0.150 e. The second-order valence-corrected chi connectivity index (χ2v) is 6.20. The number of aliphatic hydroxyl groups excluding tert-OH is 1. The molecule has 2 heterocycles. The van der Waals surface area contributed by atoms with E-state index in [1.165, 1.54) is 10.1 Å². The number of ether oxygens (including phenoxy) is 1. The molecule has 1 fully saturated rings. The van der Waals surface area contributed by atoms with Crippen molar-refractivity contribution in [2.24, 2.45) is 0 Å². The Morgan fingerprint density at radius 3 is 2.81 bits per heavy atom. The Hall–Kier alpha value is -1.21. The van der Waals surface area contributed by atoms with Crippen LogP contribution in [0, 0.1) is 0 Å². The van der Waals surface area contributed by atoms with Gasteiger partial charge in [0.05, 0.1) is 17.4 Å². The Labute approximate surface area is 128 Å². The average Bonchev–Trinajstić information content (AvgIpc) is 2.92. The Morgan fingerprint density at radius 2 is 2.05 bits per heavy atom. The maximum absolute atomic E-state index is 9.80. The molecule has 114 valence electrons.